The lowest BCUT2D eigenvalue weighted by atomic mass is 15.9. The fourth-order valence-corrected chi connectivity index (χ4v) is 0. The molecular formula is H8Mg3O12Si4. The maximum Gasteiger partial charge on any atom is 0.549 e. The van der Waals surface area contributed by atoms with Gasteiger partial charge in [-0.25, -0.2) is 0 Å². The van der Waals surface area contributed by atoms with Crippen molar-refractivity contribution in [1.82, 2.24) is 0 Å². The molecule has 8 N–H and O–H groups in total. The highest BCUT2D eigenvalue weighted by molar-refractivity contribution is 5.95. The molecule has 0 spiro atoms. The summed E-state index contributed by atoms with van der Waals surface area (Å²) in [7, 11) is -5.67. The Balaban J connectivity index is -0.00000000444. The first kappa shape index (κ1) is 86.9. The molecule has 19 heteroatoms. The van der Waals surface area contributed by atoms with E-state index in [1.54, 1.807) is 0 Å². The van der Waals surface area contributed by atoms with Crippen LogP contribution in [0.3, 0.4) is 0 Å². The SMILES string of the molecule is O.O.O.O.O=[Si]=O.O=[Si]=O.O=[Si]=O.O=[Si]=O.[Mg].[Mg].[Mg]. The summed E-state index contributed by atoms with van der Waals surface area (Å²) in [6.45, 7) is 0. The third kappa shape index (κ3) is 2970. The van der Waals surface area contributed by atoms with Crippen LogP contribution in [0.4, 0.5) is 0 Å². The van der Waals surface area contributed by atoms with E-state index in [-0.39, 0.29) is 91.1 Å². The van der Waals surface area contributed by atoms with Gasteiger partial charge in [0.1, 0.15) is 0 Å². The first-order valence-corrected chi connectivity index (χ1v) is 4.90. The van der Waals surface area contributed by atoms with Crippen LogP contribution in [-0.4, -0.2) is 128 Å². The first-order chi connectivity index (χ1) is 5.66. The van der Waals surface area contributed by atoms with Crippen LogP contribution in [0.2, 0.25) is 0 Å². The van der Waals surface area contributed by atoms with Crippen LogP contribution >= 0.6 is 0 Å². The fourth-order valence-electron chi connectivity index (χ4n) is 0. The molecule has 0 aromatic carbocycles. The Morgan fingerprint density at radius 3 is 0.316 bits per heavy atom. The van der Waals surface area contributed by atoms with E-state index < -0.39 is 37.2 Å². The second-order valence-electron chi connectivity index (χ2n) is 0.333. The highest BCUT2D eigenvalue weighted by Crippen LogP contribution is 0.768. The van der Waals surface area contributed by atoms with Gasteiger partial charge < -0.3 is 21.9 Å². The number of hydrogen-bond donors (Lipinski definition) is 0. The molecule has 0 rings (SSSR count). The summed E-state index contributed by atoms with van der Waals surface area (Å²) in [5.41, 5.74) is 0. The molecule has 0 aromatic rings. The molecule has 0 amide bonds. The van der Waals surface area contributed by atoms with Gasteiger partial charge in [-0.1, -0.05) is 0 Å². The Morgan fingerprint density at radius 2 is 0.316 bits per heavy atom. The van der Waals surface area contributed by atoms with Crippen molar-refractivity contribution in [3.8, 4) is 0 Å². The summed E-state index contributed by atoms with van der Waals surface area (Å²) in [5.74, 6) is 0. The van der Waals surface area contributed by atoms with Crippen molar-refractivity contribution in [2.45, 2.75) is 0 Å². The molecule has 0 aliphatic rings. The summed E-state index contributed by atoms with van der Waals surface area (Å²) >= 11 is 0. The van der Waals surface area contributed by atoms with E-state index in [9.17, 15) is 0 Å². The van der Waals surface area contributed by atoms with Crippen LogP contribution in [0.25, 0.3) is 0 Å². The smallest absolute Gasteiger partial charge is 0.412 e. The number of rotatable bonds is 0. The third-order valence-electron chi connectivity index (χ3n) is 0. The Morgan fingerprint density at radius 1 is 0.316 bits per heavy atom. The molecule has 0 heterocycles. The van der Waals surface area contributed by atoms with Gasteiger partial charge in [-0.2, -0.15) is 0 Å². The van der Waals surface area contributed by atoms with Crippen molar-refractivity contribution in [2.75, 3.05) is 0 Å². The van der Waals surface area contributed by atoms with Crippen LogP contribution in [0, 0.1) is 0 Å². The van der Waals surface area contributed by atoms with Crippen molar-refractivity contribution in [3.05, 3.63) is 0 Å². The van der Waals surface area contributed by atoms with Gasteiger partial charge in [-0.15, -0.1) is 0 Å². The molecule has 0 unspecified atom stereocenters. The molecule has 0 fully saturated rings. The minimum Gasteiger partial charge on any atom is -0.412 e. The predicted molar refractivity (Wildman–Crippen MR) is 60.2 cm³/mol. The van der Waals surface area contributed by atoms with E-state index in [0.717, 1.165) is 0 Å². The van der Waals surface area contributed by atoms with E-state index >= 15 is 0 Å². The van der Waals surface area contributed by atoms with Crippen LogP contribution < -0.4 is 0 Å². The molecule has 102 valence electrons. The lowest BCUT2D eigenvalue weighted by Gasteiger charge is -0.944. The lowest BCUT2D eigenvalue weighted by molar-refractivity contribution is 0.496. The average molecular weight is 385 g/mol. The lowest BCUT2D eigenvalue weighted by Crippen LogP contribution is -1.26. The van der Waals surface area contributed by atoms with Gasteiger partial charge in [0.25, 0.3) is 0 Å². The van der Waals surface area contributed by atoms with Crippen LogP contribution in [-0.2, 0) is 35.7 Å². The topological polar surface area (TPSA) is 263 Å². The zero-order valence-corrected chi connectivity index (χ0v) is 17.6. The summed E-state index contributed by atoms with van der Waals surface area (Å²) in [6, 6.07) is 0. The maximum absolute atomic E-state index is 8.40. The van der Waals surface area contributed by atoms with Gasteiger partial charge >= 0.3 is 37.2 Å². The zero-order valence-electron chi connectivity index (χ0n) is 9.39. The van der Waals surface area contributed by atoms with E-state index in [0.29, 0.717) is 0 Å². The van der Waals surface area contributed by atoms with E-state index in [1.807, 2.05) is 0 Å². The van der Waals surface area contributed by atoms with Crippen molar-refractivity contribution >= 4 is 106 Å². The monoisotopic (exact) mass is 384 g/mol. The largest absolute Gasteiger partial charge is 0.549 e. The van der Waals surface area contributed by atoms with Gasteiger partial charge in [-0.3, -0.25) is 35.7 Å². The van der Waals surface area contributed by atoms with E-state index in [1.165, 1.54) is 0 Å². The minimum atomic E-state index is -1.42. The molecule has 0 saturated carbocycles. The Hall–Kier alpha value is 1.41. The molecule has 0 aliphatic heterocycles. The molecule has 12 nitrogen and oxygen atoms in total. The van der Waals surface area contributed by atoms with E-state index in [4.69, 9.17) is 35.7 Å². The zero-order chi connectivity index (χ0) is 10.8. The first-order valence-electron chi connectivity index (χ1n) is 1.63. The van der Waals surface area contributed by atoms with Crippen LogP contribution in [0.5, 0.6) is 0 Å². The highest BCUT2D eigenvalue weighted by atomic mass is 28.2. The number of hydrogen-bond acceptors (Lipinski definition) is 8. The van der Waals surface area contributed by atoms with Gasteiger partial charge in [0.15, 0.2) is 0 Å². The van der Waals surface area contributed by atoms with Crippen LogP contribution in [0.1, 0.15) is 0 Å². The second kappa shape index (κ2) is 225. The Kier molecular flexibility index (Phi) is 1030. The molecular weight excluding hydrogens is 377 g/mol. The summed E-state index contributed by atoms with van der Waals surface area (Å²) in [6.07, 6.45) is 0. The van der Waals surface area contributed by atoms with Crippen molar-refractivity contribution < 1.29 is 57.6 Å². The van der Waals surface area contributed by atoms with Gasteiger partial charge in [0.05, 0.1) is 0 Å². The molecule has 19 heavy (non-hydrogen) atoms. The standard InChI is InChI=1S/3Mg.4O2Si.4H2O/c;;;4*1-3-2;;;;/h;;;;;;;4*1H2. The Bertz CT molecular complexity index is 157. The molecule has 6 radical (unpaired) electrons. The van der Waals surface area contributed by atoms with Gasteiger partial charge in [0, 0.05) is 69.2 Å². The third-order valence-corrected chi connectivity index (χ3v) is 0. The van der Waals surface area contributed by atoms with Gasteiger partial charge in [0.2, 0.25) is 0 Å². The van der Waals surface area contributed by atoms with Gasteiger partial charge in [-0.05, 0) is 0 Å². The molecule has 0 aliphatic carbocycles. The van der Waals surface area contributed by atoms with Crippen molar-refractivity contribution in [3.63, 3.8) is 0 Å². The summed E-state index contributed by atoms with van der Waals surface area (Å²) in [5, 5.41) is 0. The minimum absolute atomic E-state index is 0. The fraction of sp³-hybridized carbons (Fsp3) is 0. The summed E-state index contributed by atoms with van der Waals surface area (Å²) < 4.78 is 67.2. The molecule has 0 atom stereocenters. The average Bonchev–Trinajstić information content (AvgIpc) is 1.92. The summed E-state index contributed by atoms with van der Waals surface area (Å²) in [4.78, 5) is 0. The molecule has 0 saturated heterocycles. The molecule has 0 aromatic heterocycles. The highest BCUT2D eigenvalue weighted by Gasteiger charge is 1.23. The Labute approximate surface area is 162 Å². The van der Waals surface area contributed by atoms with Crippen LogP contribution in [0.15, 0.2) is 0 Å². The van der Waals surface area contributed by atoms with Crippen molar-refractivity contribution in [2.24, 2.45) is 0 Å². The second-order valence-corrected chi connectivity index (χ2v) is 1.00. The van der Waals surface area contributed by atoms with E-state index in [2.05, 4.69) is 0 Å². The maximum atomic E-state index is 8.40. The quantitative estimate of drug-likeness (QED) is 0.360. The normalized spacial score (nSPS) is 1.68. The molecule has 0 bridgehead atoms. The predicted octanol–water partition coefficient (Wildman–Crippen LogP) is -6.91. The van der Waals surface area contributed by atoms with Crippen molar-refractivity contribution in [1.29, 1.82) is 0 Å².